The van der Waals surface area contributed by atoms with Gasteiger partial charge in [0.05, 0.1) is 11.5 Å². The second-order valence-corrected chi connectivity index (χ2v) is 4.64. The quantitative estimate of drug-likeness (QED) is 0.470. The standard InChI is InChI=1S/C10H13NO3S/c1-3-8-14-11-15(12,13)10-6-4-9(2)5-7-10/h3-7,11H,1,8H2,2H3. The van der Waals surface area contributed by atoms with E-state index in [0.29, 0.717) is 0 Å². The molecule has 0 unspecified atom stereocenters. The van der Waals surface area contributed by atoms with Gasteiger partial charge in [-0.2, -0.15) is 0 Å². The van der Waals surface area contributed by atoms with Crippen molar-refractivity contribution in [3.05, 3.63) is 42.5 Å². The van der Waals surface area contributed by atoms with Crippen molar-refractivity contribution in [1.29, 1.82) is 0 Å². The number of nitrogens with one attached hydrogen (secondary N) is 1. The van der Waals surface area contributed by atoms with Gasteiger partial charge in [-0.25, -0.2) is 8.42 Å². The zero-order valence-electron chi connectivity index (χ0n) is 8.43. The number of benzene rings is 1. The number of sulfonamides is 1. The summed E-state index contributed by atoms with van der Waals surface area (Å²) in [5, 5.41) is 0. The Morgan fingerprint density at radius 2 is 2.00 bits per heavy atom. The van der Waals surface area contributed by atoms with Crippen LogP contribution in [0.4, 0.5) is 0 Å². The van der Waals surface area contributed by atoms with Gasteiger partial charge < -0.3 is 0 Å². The van der Waals surface area contributed by atoms with Gasteiger partial charge in [0.15, 0.2) is 0 Å². The fourth-order valence-electron chi connectivity index (χ4n) is 0.936. The molecule has 0 radical (unpaired) electrons. The van der Waals surface area contributed by atoms with E-state index >= 15 is 0 Å². The smallest absolute Gasteiger partial charge is 0.262 e. The molecule has 1 rings (SSSR count). The zero-order chi connectivity index (χ0) is 11.3. The Kier molecular flexibility index (Phi) is 4.02. The van der Waals surface area contributed by atoms with E-state index in [1.807, 2.05) is 11.8 Å². The van der Waals surface area contributed by atoms with Gasteiger partial charge >= 0.3 is 0 Å². The summed E-state index contributed by atoms with van der Waals surface area (Å²) < 4.78 is 23.1. The minimum Gasteiger partial charge on any atom is -0.283 e. The van der Waals surface area contributed by atoms with E-state index < -0.39 is 10.0 Å². The molecule has 0 bridgehead atoms. The monoisotopic (exact) mass is 227 g/mol. The van der Waals surface area contributed by atoms with E-state index in [4.69, 9.17) is 0 Å². The average molecular weight is 227 g/mol. The van der Waals surface area contributed by atoms with Crippen LogP contribution in [0.2, 0.25) is 0 Å². The van der Waals surface area contributed by atoms with E-state index in [1.165, 1.54) is 18.2 Å². The second kappa shape index (κ2) is 5.06. The summed E-state index contributed by atoms with van der Waals surface area (Å²) in [5.74, 6) is 0. The Balaban J connectivity index is 2.77. The molecule has 0 aliphatic rings. The molecule has 0 amide bonds. The normalized spacial score (nSPS) is 11.3. The van der Waals surface area contributed by atoms with Gasteiger partial charge in [-0.05, 0) is 19.1 Å². The molecule has 0 fully saturated rings. The highest BCUT2D eigenvalue weighted by Gasteiger charge is 2.12. The predicted molar refractivity (Wildman–Crippen MR) is 57.6 cm³/mol. The van der Waals surface area contributed by atoms with Crippen LogP contribution < -0.4 is 4.89 Å². The van der Waals surface area contributed by atoms with Crippen molar-refractivity contribution in [2.24, 2.45) is 0 Å². The summed E-state index contributed by atoms with van der Waals surface area (Å²) in [4.78, 5) is 6.85. The predicted octanol–water partition coefficient (Wildman–Crippen LogP) is 1.39. The molecule has 82 valence electrons. The SMILES string of the molecule is C=CCONS(=O)(=O)c1ccc(C)cc1. The average Bonchev–Trinajstić information content (AvgIpc) is 2.18. The van der Waals surface area contributed by atoms with Gasteiger partial charge in [-0.15, -0.1) is 6.58 Å². The molecule has 0 saturated carbocycles. The lowest BCUT2D eigenvalue weighted by Gasteiger charge is -2.05. The van der Waals surface area contributed by atoms with Crippen LogP contribution in [0.25, 0.3) is 0 Å². The number of rotatable bonds is 5. The largest absolute Gasteiger partial charge is 0.283 e. The summed E-state index contributed by atoms with van der Waals surface area (Å²) in [7, 11) is -3.57. The lowest BCUT2D eigenvalue weighted by Crippen LogP contribution is -2.24. The van der Waals surface area contributed by atoms with Crippen LogP contribution in [0.3, 0.4) is 0 Å². The van der Waals surface area contributed by atoms with E-state index in [-0.39, 0.29) is 11.5 Å². The molecule has 5 heteroatoms. The third kappa shape index (κ3) is 3.47. The van der Waals surface area contributed by atoms with Crippen LogP contribution >= 0.6 is 0 Å². The van der Waals surface area contributed by atoms with Crippen LogP contribution in [0.1, 0.15) is 5.56 Å². The van der Waals surface area contributed by atoms with Crippen molar-refractivity contribution in [2.75, 3.05) is 6.61 Å². The third-order valence-electron chi connectivity index (χ3n) is 1.70. The first-order valence-electron chi connectivity index (χ1n) is 4.37. The third-order valence-corrected chi connectivity index (χ3v) is 2.93. The van der Waals surface area contributed by atoms with Gasteiger partial charge in [0.25, 0.3) is 10.0 Å². The van der Waals surface area contributed by atoms with Crippen LogP contribution in [-0.2, 0) is 14.9 Å². The van der Waals surface area contributed by atoms with Gasteiger partial charge in [0.1, 0.15) is 0 Å². The first kappa shape index (κ1) is 11.9. The maximum atomic E-state index is 11.5. The highest BCUT2D eigenvalue weighted by Crippen LogP contribution is 2.09. The highest BCUT2D eigenvalue weighted by atomic mass is 32.2. The van der Waals surface area contributed by atoms with Crippen LogP contribution in [0.5, 0.6) is 0 Å². The maximum absolute atomic E-state index is 11.5. The summed E-state index contributed by atoms with van der Waals surface area (Å²) in [6.45, 7) is 5.42. The molecule has 1 N–H and O–H groups in total. The van der Waals surface area contributed by atoms with E-state index in [2.05, 4.69) is 11.4 Å². The highest BCUT2D eigenvalue weighted by molar-refractivity contribution is 7.89. The Hall–Kier alpha value is -1.17. The van der Waals surface area contributed by atoms with Crippen molar-refractivity contribution in [2.45, 2.75) is 11.8 Å². The number of hydrogen-bond acceptors (Lipinski definition) is 3. The minimum atomic E-state index is -3.57. The zero-order valence-corrected chi connectivity index (χ0v) is 9.25. The van der Waals surface area contributed by atoms with Gasteiger partial charge in [0.2, 0.25) is 0 Å². The molecule has 0 heterocycles. The Bertz CT molecular complexity index is 422. The van der Waals surface area contributed by atoms with Gasteiger partial charge in [-0.3, -0.25) is 4.84 Å². The van der Waals surface area contributed by atoms with Crippen molar-refractivity contribution in [3.8, 4) is 0 Å². The topological polar surface area (TPSA) is 55.4 Å². The molecule has 1 aromatic carbocycles. The fraction of sp³-hybridized carbons (Fsp3) is 0.200. The molecule has 15 heavy (non-hydrogen) atoms. The Labute approximate surface area is 89.6 Å². The van der Waals surface area contributed by atoms with Crippen molar-refractivity contribution >= 4 is 10.0 Å². The molecule has 0 aromatic heterocycles. The lowest BCUT2D eigenvalue weighted by atomic mass is 10.2. The van der Waals surface area contributed by atoms with Gasteiger partial charge in [0, 0.05) is 0 Å². The summed E-state index contributed by atoms with van der Waals surface area (Å²) in [6, 6.07) is 6.49. The summed E-state index contributed by atoms with van der Waals surface area (Å²) in [6.07, 6.45) is 1.46. The van der Waals surface area contributed by atoms with Crippen LogP contribution in [-0.4, -0.2) is 15.0 Å². The van der Waals surface area contributed by atoms with Crippen molar-refractivity contribution < 1.29 is 13.3 Å². The fourth-order valence-corrected chi connectivity index (χ4v) is 1.75. The first-order chi connectivity index (χ1) is 7.06. The molecule has 0 spiro atoms. The van der Waals surface area contributed by atoms with E-state index in [1.54, 1.807) is 12.1 Å². The Morgan fingerprint density at radius 3 is 2.53 bits per heavy atom. The molecule has 0 aliphatic carbocycles. The maximum Gasteiger partial charge on any atom is 0.262 e. The molecule has 1 aromatic rings. The van der Waals surface area contributed by atoms with Crippen molar-refractivity contribution in [1.82, 2.24) is 4.89 Å². The number of hydrogen-bond donors (Lipinski definition) is 1. The number of aryl methyl sites for hydroxylation is 1. The molecule has 0 atom stereocenters. The molecule has 4 nitrogen and oxygen atoms in total. The molecular weight excluding hydrogens is 214 g/mol. The summed E-state index contributed by atoms with van der Waals surface area (Å²) >= 11 is 0. The minimum absolute atomic E-state index is 0.130. The second-order valence-electron chi connectivity index (χ2n) is 3.00. The van der Waals surface area contributed by atoms with E-state index in [9.17, 15) is 8.42 Å². The first-order valence-corrected chi connectivity index (χ1v) is 5.86. The van der Waals surface area contributed by atoms with Gasteiger partial charge in [-0.1, -0.05) is 28.7 Å². The van der Waals surface area contributed by atoms with Crippen molar-refractivity contribution in [3.63, 3.8) is 0 Å². The molecule has 0 aliphatic heterocycles. The van der Waals surface area contributed by atoms with Crippen LogP contribution in [0, 0.1) is 6.92 Å². The van der Waals surface area contributed by atoms with E-state index in [0.717, 1.165) is 5.56 Å². The summed E-state index contributed by atoms with van der Waals surface area (Å²) in [5.41, 5.74) is 1.00. The van der Waals surface area contributed by atoms with Crippen LogP contribution in [0.15, 0.2) is 41.8 Å². The lowest BCUT2D eigenvalue weighted by molar-refractivity contribution is 0.119. The Morgan fingerprint density at radius 1 is 1.40 bits per heavy atom. The molecule has 0 saturated heterocycles. The molecular formula is C10H13NO3S.